The van der Waals surface area contributed by atoms with Crippen LogP contribution in [0.3, 0.4) is 0 Å². The first kappa shape index (κ1) is 14.1. The average Bonchev–Trinajstić information content (AvgIpc) is 2.89. The number of halogens is 2. The maximum absolute atomic E-state index is 13.2. The minimum Gasteiger partial charge on any atom is -0.337 e. The van der Waals surface area contributed by atoms with Crippen molar-refractivity contribution in [1.29, 1.82) is 0 Å². The van der Waals surface area contributed by atoms with Crippen molar-refractivity contribution in [3.05, 3.63) is 34.4 Å². The van der Waals surface area contributed by atoms with E-state index in [1.165, 1.54) is 6.07 Å². The van der Waals surface area contributed by atoms with E-state index < -0.39 is 0 Å². The van der Waals surface area contributed by atoms with Crippen LogP contribution in [0.1, 0.15) is 38.1 Å². The highest BCUT2D eigenvalue weighted by Crippen LogP contribution is 2.24. The number of aromatic nitrogens is 2. The van der Waals surface area contributed by atoms with Crippen molar-refractivity contribution in [2.75, 3.05) is 0 Å². The molecule has 2 aromatic rings. The molecule has 4 nitrogen and oxygen atoms in total. The Morgan fingerprint density at radius 2 is 2.26 bits per heavy atom. The summed E-state index contributed by atoms with van der Waals surface area (Å²) in [6, 6.07) is 4.32. The van der Waals surface area contributed by atoms with E-state index in [0.29, 0.717) is 21.8 Å². The second-order valence-corrected chi connectivity index (χ2v) is 5.19. The summed E-state index contributed by atoms with van der Waals surface area (Å²) in [6.07, 6.45) is 2.89. The van der Waals surface area contributed by atoms with E-state index >= 15 is 0 Å². The summed E-state index contributed by atoms with van der Waals surface area (Å²) in [4.78, 5) is 4.26. The first-order chi connectivity index (χ1) is 9.11. The second-order valence-electron chi connectivity index (χ2n) is 4.33. The second kappa shape index (κ2) is 6.25. The van der Waals surface area contributed by atoms with E-state index in [1.807, 2.05) is 0 Å². The first-order valence-corrected chi connectivity index (χ1v) is 6.95. The van der Waals surface area contributed by atoms with E-state index in [0.717, 1.165) is 19.3 Å². The molecule has 1 aromatic heterocycles. The number of hydrogen-bond acceptors (Lipinski definition) is 4. The van der Waals surface area contributed by atoms with E-state index in [9.17, 15) is 4.39 Å². The average molecular weight is 328 g/mol. The summed E-state index contributed by atoms with van der Waals surface area (Å²) in [5.41, 5.74) is 6.65. The van der Waals surface area contributed by atoms with Crippen molar-refractivity contribution in [3.8, 4) is 11.4 Å². The van der Waals surface area contributed by atoms with Crippen molar-refractivity contribution in [3.63, 3.8) is 0 Å². The van der Waals surface area contributed by atoms with Gasteiger partial charge in [-0.25, -0.2) is 4.39 Å². The number of unbranched alkanes of at least 4 members (excludes halogenated alkanes) is 1. The van der Waals surface area contributed by atoms with Gasteiger partial charge in [0.05, 0.1) is 10.5 Å². The monoisotopic (exact) mass is 327 g/mol. The number of hydrogen-bond donors (Lipinski definition) is 1. The van der Waals surface area contributed by atoms with Crippen molar-refractivity contribution in [2.45, 2.75) is 32.2 Å². The van der Waals surface area contributed by atoms with Gasteiger partial charge in [-0.2, -0.15) is 4.98 Å². The fraction of sp³-hybridized carbons (Fsp3) is 0.385. The van der Waals surface area contributed by atoms with Gasteiger partial charge in [-0.05, 0) is 40.5 Å². The van der Waals surface area contributed by atoms with Crippen LogP contribution in [-0.2, 0) is 0 Å². The van der Waals surface area contributed by atoms with Crippen molar-refractivity contribution in [1.82, 2.24) is 10.1 Å². The molecule has 0 aliphatic heterocycles. The van der Waals surface area contributed by atoms with Crippen LogP contribution in [0.25, 0.3) is 11.4 Å². The summed E-state index contributed by atoms with van der Waals surface area (Å²) in [7, 11) is 0. The zero-order chi connectivity index (χ0) is 13.8. The summed E-state index contributed by atoms with van der Waals surface area (Å²) in [6.45, 7) is 2.10. The molecule has 1 unspecified atom stereocenters. The predicted octanol–water partition coefficient (Wildman–Crippen LogP) is 3.83. The zero-order valence-corrected chi connectivity index (χ0v) is 12.2. The molecule has 0 spiro atoms. The molecule has 0 saturated heterocycles. The number of benzene rings is 1. The summed E-state index contributed by atoms with van der Waals surface area (Å²) in [5, 5.41) is 3.88. The van der Waals surface area contributed by atoms with Crippen molar-refractivity contribution < 1.29 is 8.91 Å². The summed E-state index contributed by atoms with van der Waals surface area (Å²) >= 11 is 3.13. The lowest BCUT2D eigenvalue weighted by Gasteiger charge is -2.03. The third-order valence-electron chi connectivity index (χ3n) is 2.81. The molecule has 0 radical (unpaired) electrons. The van der Waals surface area contributed by atoms with Crippen molar-refractivity contribution in [2.24, 2.45) is 5.73 Å². The molecule has 19 heavy (non-hydrogen) atoms. The molecule has 102 valence electrons. The lowest BCUT2D eigenvalue weighted by Crippen LogP contribution is -2.10. The quantitative estimate of drug-likeness (QED) is 0.906. The third-order valence-corrected chi connectivity index (χ3v) is 3.41. The van der Waals surface area contributed by atoms with Crippen molar-refractivity contribution >= 4 is 15.9 Å². The van der Waals surface area contributed by atoms with E-state index in [2.05, 4.69) is 33.0 Å². The Bertz CT molecular complexity index is 559. The Labute approximate surface area is 119 Å². The van der Waals surface area contributed by atoms with Crippen LogP contribution < -0.4 is 5.73 Å². The van der Waals surface area contributed by atoms with Gasteiger partial charge in [-0.1, -0.05) is 24.9 Å². The third kappa shape index (κ3) is 3.39. The molecule has 0 saturated carbocycles. The standard InChI is InChI=1S/C13H15BrFN3O/c1-2-3-4-11(16)13-17-12(18-19-13)8-5-6-10(15)9(14)7-8/h5-7,11H,2-4,16H2,1H3. The fourth-order valence-electron chi connectivity index (χ4n) is 1.69. The molecule has 6 heteroatoms. The molecule has 1 heterocycles. The number of nitrogens with two attached hydrogens (primary N) is 1. The van der Waals surface area contributed by atoms with Gasteiger partial charge in [-0.15, -0.1) is 0 Å². The molecule has 0 bridgehead atoms. The molecule has 0 aliphatic carbocycles. The number of rotatable bonds is 5. The van der Waals surface area contributed by atoms with Crippen LogP contribution in [0.4, 0.5) is 4.39 Å². The molecule has 0 aliphatic rings. The molecular formula is C13H15BrFN3O. The fourth-order valence-corrected chi connectivity index (χ4v) is 2.06. The predicted molar refractivity (Wildman–Crippen MR) is 73.8 cm³/mol. The van der Waals surface area contributed by atoms with Gasteiger partial charge < -0.3 is 10.3 Å². The van der Waals surface area contributed by atoms with Gasteiger partial charge >= 0.3 is 0 Å². The lowest BCUT2D eigenvalue weighted by atomic mass is 10.1. The van der Waals surface area contributed by atoms with Gasteiger partial charge in [-0.3, -0.25) is 0 Å². The van der Waals surface area contributed by atoms with Crippen LogP contribution in [0, 0.1) is 5.82 Å². The Morgan fingerprint density at radius 3 is 2.95 bits per heavy atom. The lowest BCUT2D eigenvalue weighted by molar-refractivity contribution is 0.346. The van der Waals surface area contributed by atoms with Gasteiger partial charge in [0.1, 0.15) is 5.82 Å². The first-order valence-electron chi connectivity index (χ1n) is 6.16. The van der Waals surface area contributed by atoms with Gasteiger partial charge in [0.15, 0.2) is 0 Å². The Morgan fingerprint density at radius 1 is 1.47 bits per heavy atom. The molecule has 1 aromatic carbocycles. The van der Waals surface area contributed by atoms with Gasteiger partial charge in [0.2, 0.25) is 11.7 Å². The van der Waals surface area contributed by atoms with E-state index in [1.54, 1.807) is 12.1 Å². The van der Waals surface area contributed by atoms with E-state index in [4.69, 9.17) is 10.3 Å². The molecule has 2 N–H and O–H groups in total. The molecule has 0 fully saturated rings. The van der Waals surface area contributed by atoms with Crippen LogP contribution in [0.2, 0.25) is 0 Å². The van der Waals surface area contributed by atoms with Gasteiger partial charge in [0, 0.05) is 5.56 Å². The topological polar surface area (TPSA) is 64.9 Å². The van der Waals surface area contributed by atoms with Crippen LogP contribution in [0.5, 0.6) is 0 Å². The zero-order valence-electron chi connectivity index (χ0n) is 10.6. The van der Waals surface area contributed by atoms with Crippen LogP contribution >= 0.6 is 15.9 Å². The normalized spacial score (nSPS) is 12.6. The SMILES string of the molecule is CCCCC(N)c1nc(-c2ccc(F)c(Br)c2)no1. The smallest absolute Gasteiger partial charge is 0.243 e. The molecular weight excluding hydrogens is 313 g/mol. The van der Waals surface area contributed by atoms with E-state index in [-0.39, 0.29) is 11.9 Å². The molecule has 0 amide bonds. The summed E-state index contributed by atoms with van der Waals surface area (Å²) in [5.74, 6) is 0.513. The van der Waals surface area contributed by atoms with Crippen LogP contribution in [-0.4, -0.2) is 10.1 Å². The molecule has 2 rings (SSSR count). The highest BCUT2D eigenvalue weighted by atomic mass is 79.9. The van der Waals surface area contributed by atoms with Gasteiger partial charge in [0.25, 0.3) is 0 Å². The molecule has 1 atom stereocenters. The highest BCUT2D eigenvalue weighted by molar-refractivity contribution is 9.10. The Kier molecular flexibility index (Phi) is 4.66. The Hall–Kier alpha value is -1.27. The number of nitrogens with zero attached hydrogens (tertiary/aromatic N) is 2. The highest BCUT2D eigenvalue weighted by Gasteiger charge is 2.15. The van der Waals surface area contributed by atoms with Crippen LogP contribution in [0.15, 0.2) is 27.2 Å². The minimum atomic E-state index is -0.327. The maximum Gasteiger partial charge on any atom is 0.243 e. The maximum atomic E-state index is 13.2. The minimum absolute atomic E-state index is 0.245. The largest absolute Gasteiger partial charge is 0.337 e. The summed E-state index contributed by atoms with van der Waals surface area (Å²) < 4.78 is 18.7. The Balaban J connectivity index is 2.18.